The second kappa shape index (κ2) is 2.87. The molecule has 0 saturated carbocycles. The third-order valence-electron chi connectivity index (χ3n) is 2.17. The van der Waals surface area contributed by atoms with Crippen LogP contribution in [0.1, 0.15) is 26.7 Å². The van der Waals surface area contributed by atoms with E-state index in [0.717, 1.165) is 11.8 Å². The maximum absolute atomic E-state index is 3.57. The maximum Gasteiger partial charge on any atom is -0.00555 e. The smallest absolute Gasteiger partial charge is 0.00555 e. The van der Waals surface area contributed by atoms with Crippen molar-refractivity contribution in [1.29, 1.82) is 0 Å². The molecule has 0 aromatic heterocycles. The maximum atomic E-state index is 3.57. The van der Waals surface area contributed by atoms with E-state index in [1.54, 1.807) is 0 Å². The van der Waals surface area contributed by atoms with E-state index in [0.29, 0.717) is 0 Å². The van der Waals surface area contributed by atoms with E-state index in [9.17, 15) is 0 Å². The van der Waals surface area contributed by atoms with Crippen LogP contribution in [-0.4, -0.2) is 0 Å². The Morgan fingerprint density at radius 1 is 1.78 bits per heavy atom. The molecular weight excluding hydrogens is 176 g/mol. The minimum atomic E-state index is 0.810. The molecule has 2 atom stereocenters. The highest BCUT2D eigenvalue weighted by molar-refractivity contribution is 9.11. The Bertz CT molecular complexity index is 127. The molecule has 0 nitrogen and oxygen atoms in total. The monoisotopic (exact) mass is 188 g/mol. The van der Waals surface area contributed by atoms with Crippen LogP contribution in [0.15, 0.2) is 10.6 Å². The van der Waals surface area contributed by atoms with Crippen LogP contribution in [0.2, 0.25) is 0 Å². The van der Waals surface area contributed by atoms with Gasteiger partial charge in [0.05, 0.1) is 0 Å². The van der Waals surface area contributed by atoms with Crippen molar-refractivity contribution in [2.45, 2.75) is 26.7 Å². The predicted molar refractivity (Wildman–Crippen MR) is 44.6 cm³/mol. The van der Waals surface area contributed by atoms with E-state index in [2.05, 4.69) is 35.9 Å². The van der Waals surface area contributed by atoms with E-state index < -0.39 is 0 Å². The summed E-state index contributed by atoms with van der Waals surface area (Å²) < 4.78 is 1.43. The van der Waals surface area contributed by atoms with E-state index in [1.807, 2.05) is 0 Å². The van der Waals surface area contributed by atoms with Crippen LogP contribution in [0.5, 0.6) is 0 Å². The summed E-state index contributed by atoms with van der Waals surface area (Å²) >= 11 is 3.57. The first-order valence-corrected chi connectivity index (χ1v) is 4.40. The van der Waals surface area contributed by atoms with Gasteiger partial charge in [-0.05, 0) is 29.2 Å². The number of hydrogen-bond acceptors (Lipinski definition) is 0. The summed E-state index contributed by atoms with van der Waals surface area (Å²) in [5.74, 6) is 1.68. The fraction of sp³-hybridized carbons (Fsp3) is 0.750. The Morgan fingerprint density at radius 2 is 2.44 bits per heavy atom. The lowest BCUT2D eigenvalue weighted by Crippen LogP contribution is -2.03. The molecule has 0 aromatic carbocycles. The van der Waals surface area contributed by atoms with Gasteiger partial charge < -0.3 is 0 Å². The van der Waals surface area contributed by atoms with Crippen molar-refractivity contribution in [1.82, 2.24) is 0 Å². The topological polar surface area (TPSA) is 0 Å². The summed E-state index contributed by atoms with van der Waals surface area (Å²) in [4.78, 5) is 0. The Balaban J connectivity index is 2.57. The number of halogens is 1. The lowest BCUT2D eigenvalue weighted by Gasteiger charge is -2.13. The molecule has 1 aliphatic carbocycles. The number of allylic oxidation sites excluding steroid dienone is 2. The molecule has 0 spiro atoms. The van der Waals surface area contributed by atoms with Crippen LogP contribution in [-0.2, 0) is 0 Å². The van der Waals surface area contributed by atoms with Gasteiger partial charge in [-0.25, -0.2) is 0 Å². The van der Waals surface area contributed by atoms with Gasteiger partial charge >= 0.3 is 0 Å². The van der Waals surface area contributed by atoms with Gasteiger partial charge in [-0.2, -0.15) is 0 Å². The van der Waals surface area contributed by atoms with Gasteiger partial charge in [0, 0.05) is 0 Å². The molecule has 1 aliphatic rings. The van der Waals surface area contributed by atoms with Crippen molar-refractivity contribution in [2.24, 2.45) is 11.8 Å². The molecule has 0 fully saturated rings. The van der Waals surface area contributed by atoms with Crippen molar-refractivity contribution in [2.75, 3.05) is 0 Å². The van der Waals surface area contributed by atoms with E-state index in [1.165, 1.54) is 17.3 Å². The van der Waals surface area contributed by atoms with Crippen LogP contribution < -0.4 is 0 Å². The minimum Gasteiger partial charge on any atom is -0.0738 e. The van der Waals surface area contributed by atoms with Crippen LogP contribution in [0.3, 0.4) is 0 Å². The zero-order chi connectivity index (χ0) is 6.85. The van der Waals surface area contributed by atoms with Gasteiger partial charge in [-0.15, -0.1) is 0 Å². The van der Waals surface area contributed by atoms with Crippen LogP contribution in [0, 0.1) is 11.8 Å². The highest BCUT2D eigenvalue weighted by Gasteiger charge is 2.22. The molecule has 0 saturated heterocycles. The minimum absolute atomic E-state index is 0.810. The first kappa shape index (κ1) is 7.33. The molecule has 0 bridgehead atoms. The SMILES string of the molecule is CC[C@H]1C(Br)=CC[C@@H]1C. The average molecular weight is 189 g/mol. The largest absolute Gasteiger partial charge is 0.0738 e. The molecule has 9 heavy (non-hydrogen) atoms. The molecule has 0 aliphatic heterocycles. The van der Waals surface area contributed by atoms with Crippen LogP contribution >= 0.6 is 15.9 Å². The fourth-order valence-corrected chi connectivity index (χ4v) is 2.45. The highest BCUT2D eigenvalue weighted by Crippen LogP contribution is 2.36. The van der Waals surface area contributed by atoms with E-state index in [4.69, 9.17) is 0 Å². The van der Waals surface area contributed by atoms with Crippen molar-refractivity contribution in [3.63, 3.8) is 0 Å². The first-order valence-electron chi connectivity index (χ1n) is 3.61. The van der Waals surface area contributed by atoms with Gasteiger partial charge in [0.2, 0.25) is 0 Å². The average Bonchev–Trinajstić information content (AvgIpc) is 2.12. The summed E-state index contributed by atoms with van der Waals surface area (Å²) in [6, 6.07) is 0. The summed E-state index contributed by atoms with van der Waals surface area (Å²) in [7, 11) is 0. The third-order valence-corrected chi connectivity index (χ3v) is 3.08. The predicted octanol–water partition coefficient (Wildman–Crippen LogP) is 3.33. The lowest BCUT2D eigenvalue weighted by molar-refractivity contribution is 0.447. The standard InChI is InChI=1S/C8H13Br/c1-3-7-6(2)4-5-8(7)9/h5-7H,3-4H2,1-2H3/t6-,7+/m0/s1. The summed E-state index contributed by atoms with van der Waals surface area (Å²) in [5, 5.41) is 0. The summed E-state index contributed by atoms with van der Waals surface area (Å²) in [6.45, 7) is 4.57. The van der Waals surface area contributed by atoms with Gasteiger partial charge in [0.25, 0.3) is 0 Å². The summed E-state index contributed by atoms with van der Waals surface area (Å²) in [5.41, 5.74) is 0. The number of rotatable bonds is 1. The highest BCUT2D eigenvalue weighted by atomic mass is 79.9. The van der Waals surface area contributed by atoms with Crippen molar-refractivity contribution < 1.29 is 0 Å². The summed E-state index contributed by atoms with van der Waals surface area (Å²) in [6.07, 6.45) is 4.84. The molecule has 0 radical (unpaired) electrons. The quantitative estimate of drug-likeness (QED) is 0.593. The molecule has 0 N–H and O–H groups in total. The molecule has 0 aromatic rings. The molecule has 1 heteroatoms. The van der Waals surface area contributed by atoms with Gasteiger partial charge in [-0.1, -0.05) is 35.9 Å². The van der Waals surface area contributed by atoms with Gasteiger partial charge in [0.1, 0.15) is 0 Å². The molecule has 1 rings (SSSR count). The molecule has 52 valence electrons. The van der Waals surface area contributed by atoms with Crippen LogP contribution in [0.4, 0.5) is 0 Å². The second-order valence-corrected chi connectivity index (χ2v) is 3.73. The van der Waals surface area contributed by atoms with Gasteiger partial charge in [0.15, 0.2) is 0 Å². The first-order chi connectivity index (χ1) is 4.25. The van der Waals surface area contributed by atoms with E-state index >= 15 is 0 Å². The molecule has 0 amide bonds. The van der Waals surface area contributed by atoms with Gasteiger partial charge in [-0.3, -0.25) is 0 Å². The Labute approximate surface area is 65.5 Å². The van der Waals surface area contributed by atoms with E-state index in [-0.39, 0.29) is 0 Å². The lowest BCUT2D eigenvalue weighted by atomic mass is 9.95. The Morgan fingerprint density at radius 3 is 2.67 bits per heavy atom. The molecule has 0 heterocycles. The van der Waals surface area contributed by atoms with Crippen molar-refractivity contribution >= 4 is 15.9 Å². The van der Waals surface area contributed by atoms with Crippen molar-refractivity contribution in [3.8, 4) is 0 Å². The molecule has 0 unspecified atom stereocenters. The molecular formula is C8H13Br. The number of hydrogen-bond donors (Lipinski definition) is 0. The van der Waals surface area contributed by atoms with Crippen molar-refractivity contribution in [3.05, 3.63) is 10.6 Å². The fourth-order valence-electron chi connectivity index (χ4n) is 1.48. The normalized spacial score (nSPS) is 34.8. The third kappa shape index (κ3) is 1.37. The Kier molecular flexibility index (Phi) is 2.34. The second-order valence-electron chi connectivity index (χ2n) is 2.82. The zero-order valence-corrected chi connectivity index (χ0v) is 7.61. The Hall–Kier alpha value is 0.220. The zero-order valence-electron chi connectivity index (χ0n) is 6.02. The van der Waals surface area contributed by atoms with Crippen LogP contribution in [0.25, 0.3) is 0 Å².